The molecule has 1 aliphatic carbocycles. The summed E-state index contributed by atoms with van der Waals surface area (Å²) in [6.45, 7) is 5.54. The zero-order valence-electron chi connectivity index (χ0n) is 19.4. The molecule has 2 aromatic carbocycles. The molecule has 0 bridgehead atoms. The van der Waals surface area contributed by atoms with E-state index in [0.717, 1.165) is 78.0 Å². The van der Waals surface area contributed by atoms with E-state index in [2.05, 4.69) is 64.3 Å². The molecule has 4 aromatic rings. The summed E-state index contributed by atoms with van der Waals surface area (Å²) in [4.78, 5) is 25.2. The lowest BCUT2D eigenvalue weighted by atomic mass is 9.96. The standard InChI is InChI=1S/C29H28N4O/c1-32-12-14-33(15-13-32)19-20-2-4-21(5-3-20)23-17-25-24(7-9-27(25)31-18-23)22-6-8-28-26(16-22)29(34)10-11-30-28/h2-8,10-11,16-18H,9,12-15,19H2,1H3,(H,30,34). The van der Waals surface area contributed by atoms with E-state index in [1.807, 2.05) is 18.3 Å². The molecule has 1 saturated heterocycles. The summed E-state index contributed by atoms with van der Waals surface area (Å²) in [5, 5.41) is 0.717. The van der Waals surface area contributed by atoms with Crippen LogP contribution in [0.15, 0.2) is 77.9 Å². The number of aromatic nitrogens is 2. The average molecular weight is 449 g/mol. The average Bonchev–Trinajstić information content (AvgIpc) is 3.29. The quantitative estimate of drug-likeness (QED) is 0.505. The third-order valence-corrected chi connectivity index (χ3v) is 7.12. The first-order chi connectivity index (χ1) is 16.6. The Morgan fingerprint density at radius 3 is 2.53 bits per heavy atom. The molecular formula is C29H28N4O. The molecule has 1 aliphatic heterocycles. The lowest BCUT2D eigenvalue weighted by Gasteiger charge is -2.32. The van der Waals surface area contributed by atoms with Gasteiger partial charge in [-0.05, 0) is 47.5 Å². The second-order valence-electron chi connectivity index (χ2n) is 9.42. The number of aromatic amines is 1. The Morgan fingerprint density at radius 2 is 1.71 bits per heavy atom. The number of rotatable bonds is 4. The van der Waals surface area contributed by atoms with Gasteiger partial charge in [-0.15, -0.1) is 0 Å². The summed E-state index contributed by atoms with van der Waals surface area (Å²) in [7, 11) is 2.19. The van der Waals surface area contributed by atoms with Crippen molar-refractivity contribution in [2.45, 2.75) is 13.0 Å². The molecule has 1 N–H and O–H groups in total. The predicted octanol–water partition coefficient (Wildman–Crippen LogP) is 4.33. The Morgan fingerprint density at radius 1 is 0.912 bits per heavy atom. The minimum atomic E-state index is 0.0398. The van der Waals surface area contributed by atoms with Crippen LogP contribution in [0, 0.1) is 0 Å². The molecule has 34 heavy (non-hydrogen) atoms. The van der Waals surface area contributed by atoms with Crippen LogP contribution in [0.1, 0.15) is 22.4 Å². The number of nitrogens with zero attached hydrogens (tertiary/aromatic N) is 3. The molecule has 2 aromatic heterocycles. The molecule has 170 valence electrons. The van der Waals surface area contributed by atoms with Gasteiger partial charge in [-0.1, -0.05) is 36.4 Å². The smallest absolute Gasteiger partial charge is 0.189 e. The number of allylic oxidation sites excluding steroid dienone is 1. The Labute approximate surface area is 199 Å². The van der Waals surface area contributed by atoms with Crippen LogP contribution in [-0.2, 0) is 13.0 Å². The largest absolute Gasteiger partial charge is 0.361 e. The Balaban J connectivity index is 1.26. The zero-order valence-corrected chi connectivity index (χ0v) is 19.4. The lowest BCUT2D eigenvalue weighted by molar-refractivity contribution is 0.148. The molecule has 5 heteroatoms. The predicted molar refractivity (Wildman–Crippen MR) is 138 cm³/mol. The Bertz CT molecular complexity index is 1440. The van der Waals surface area contributed by atoms with E-state index in [-0.39, 0.29) is 5.43 Å². The highest BCUT2D eigenvalue weighted by Gasteiger charge is 2.19. The third kappa shape index (κ3) is 3.98. The molecule has 0 spiro atoms. The maximum absolute atomic E-state index is 12.3. The van der Waals surface area contributed by atoms with E-state index in [1.165, 1.54) is 11.1 Å². The number of likely N-dealkylation sites (N-methyl/N-ethyl adjacent to an activating group) is 1. The van der Waals surface area contributed by atoms with Crippen LogP contribution in [0.5, 0.6) is 0 Å². The van der Waals surface area contributed by atoms with E-state index < -0.39 is 0 Å². The number of H-pyrrole nitrogens is 1. The molecule has 1 fully saturated rings. The Hall–Kier alpha value is -3.54. The highest BCUT2D eigenvalue weighted by molar-refractivity contribution is 5.90. The van der Waals surface area contributed by atoms with Crippen LogP contribution in [0.25, 0.3) is 27.6 Å². The fourth-order valence-electron chi connectivity index (χ4n) is 5.03. The summed E-state index contributed by atoms with van der Waals surface area (Å²) in [6, 6.07) is 18.8. The molecule has 0 unspecified atom stereocenters. The molecule has 6 rings (SSSR count). The highest BCUT2D eigenvalue weighted by atomic mass is 16.1. The van der Waals surface area contributed by atoms with E-state index >= 15 is 0 Å². The summed E-state index contributed by atoms with van der Waals surface area (Å²) >= 11 is 0. The zero-order chi connectivity index (χ0) is 23.1. The molecule has 0 radical (unpaired) electrons. The van der Waals surface area contributed by atoms with Crippen LogP contribution >= 0.6 is 0 Å². The molecule has 5 nitrogen and oxygen atoms in total. The van der Waals surface area contributed by atoms with E-state index in [1.54, 1.807) is 12.3 Å². The molecule has 0 amide bonds. The van der Waals surface area contributed by atoms with Crippen molar-refractivity contribution in [1.29, 1.82) is 0 Å². The van der Waals surface area contributed by atoms with Crippen molar-refractivity contribution in [2.75, 3.05) is 33.2 Å². The van der Waals surface area contributed by atoms with Crippen molar-refractivity contribution in [3.05, 3.63) is 106 Å². The van der Waals surface area contributed by atoms with Crippen LogP contribution in [0.4, 0.5) is 0 Å². The van der Waals surface area contributed by atoms with E-state index in [4.69, 9.17) is 4.98 Å². The first-order valence-electron chi connectivity index (χ1n) is 12.0. The SMILES string of the molecule is CN1CCN(Cc2ccc(-c3cnc4c(c3)C(c3ccc5[nH]ccc(=O)c5c3)=CC4)cc2)CC1. The van der Waals surface area contributed by atoms with Gasteiger partial charge in [-0.25, -0.2) is 0 Å². The normalized spacial score (nSPS) is 16.6. The van der Waals surface area contributed by atoms with Crippen molar-refractivity contribution in [3.8, 4) is 11.1 Å². The summed E-state index contributed by atoms with van der Waals surface area (Å²) in [5.74, 6) is 0. The first kappa shape index (κ1) is 21.0. The third-order valence-electron chi connectivity index (χ3n) is 7.12. The molecular weight excluding hydrogens is 420 g/mol. The fraction of sp³-hybridized carbons (Fsp3) is 0.241. The van der Waals surface area contributed by atoms with Crippen LogP contribution in [-0.4, -0.2) is 53.0 Å². The van der Waals surface area contributed by atoms with Crippen molar-refractivity contribution >= 4 is 16.5 Å². The second kappa shape index (κ2) is 8.67. The summed E-state index contributed by atoms with van der Waals surface area (Å²) < 4.78 is 0. The van der Waals surface area contributed by atoms with Gasteiger partial charge in [0.25, 0.3) is 0 Å². The molecule has 2 aliphatic rings. The van der Waals surface area contributed by atoms with Crippen molar-refractivity contribution in [2.24, 2.45) is 0 Å². The molecule has 3 heterocycles. The van der Waals surface area contributed by atoms with Crippen molar-refractivity contribution in [1.82, 2.24) is 19.8 Å². The number of hydrogen-bond donors (Lipinski definition) is 1. The van der Waals surface area contributed by atoms with Gasteiger partial charge in [-0.2, -0.15) is 0 Å². The van der Waals surface area contributed by atoms with Gasteiger partial charge < -0.3 is 9.88 Å². The fourth-order valence-corrected chi connectivity index (χ4v) is 5.03. The topological polar surface area (TPSA) is 52.2 Å². The van der Waals surface area contributed by atoms with Crippen LogP contribution in [0.3, 0.4) is 0 Å². The molecule has 0 atom stereocenters. The van der Waals surface area contributed by atoms with Gasteiger partial charge in [0.1, 0.15) is 0 Å². The number of fused-ring (bicyclic) bond motifs is 2. The van der Waals surface area contributed by atoms with Gasteiger partial charge in [0, 0.05) is 79.6 Å². The van der Waals surface area contributed by atoms with Crippen molar-refractivity contribution < 1.29 is 0 Å². The highest BCUT2D eigenvalue weighted by Crippen LogP contribution is 2.35. The number of piperazine rings is 1. The number of hydrogen-bond acceptors (Lipinski definition) is 4. The van der Waals surface area contributed by atoms with Crippen LogP contribution < -0.4 is 5.43 Å². The van der Waals surface area contributed by atoms with Gasteiger partial charge in [0.05, 0.1) is 5.69 Å². The number of nitrogens with one attached hydrogen (secondary N) is 1. The van der Waals surface area contributed by atoms with Gasteiger partial charge in [0.2, 0.25) is 0 Å². The Kier molecular flexibility index (Phi) is 5.36. The van der Waals surface area contributed by atoms with E-state index in [9.17, 15) is 4.79 Å². The minimum Gasteiger partial charge on any atom is -0.361 e. The summed E-state index contributed by atoms with van der Waals surface area (Å²) in [5.41, 5.74) is 9.01. The maximum Gasteiger partial charge on any atom is 0.189 e. The summed E-state index contributed by atoms with van der Waals surface area (Å²) in [6.07, 6.45) is 6.72. The number of pyridine rings is 2. The minimum absolute atomic E-state index is 0.0398. The second-order valence-corrected chi connectivity index (χ2v) is 9.42. The van der Waals surface area contributed by atoms with Gasteiger partial charge >= 0.3 is 0 Å². The van der Waals surface area contributed by atoms with Gasteiger partial charge in [0.15, 0.2) is 5.43 Å². The van der Waals surface area contributed by atoms with Crippen LogP contribution in [0.2, 0.25) is 0 Å². The monoisotopic (exact) mass is 448 g/mol. The number of benzene rings is 2. The van der Waals surface area contributed by atoms with E-state index in [0.29, 0.717) is 0 Å². The maximum atomic E-state index is 12.3. The van der Waals surface area contributed by atoms with Crippen molar-refractivity contribution in [3.63, 3.8) is 0 Å². The molecule has 0 saturated carbocycles. The van der Waals surface area contributed by atoms with Gasteiger partial charge in [-0.3, -0.25) is 14.7 Å². The lowest BCUT2D eigenvalue weighted by Crippen LogP contribution is -2.43. The first-order valence-corrected chi connectivity index (χ1v) is 12.0.